The van der Waals surface area contributed by atoms with E-state index in [2.05, 4.69) is 5.32 Å². The monoisotopic (exact) mass is 333 g/mol. The third kappa shape index (κ3) is 4.82. The van der Waals surface area contributed by atoms with Gasteiger partial charge in [-0.1, -0.05) is 30.3 Å². The first-order valence-electron chi connectivity index (χ1n) is 7.44. The quantitative estimate of drug-likeness (QED) is 0.726. The van der Waals surface area contributed by atoms with Crippen molar-refractivity contribution in [3.8, 4) is 16.2 Å². The summed E-state index contributed by atoms with van der Waals surface area (Å²) in [5.74, 6) is -0.533. The summed E-state index contributed by atoms with van der Waals surface area (Å²) in [6, 6.07) is 11.7. The van der Waals surface area contributed by atoms with Gasteiger partial charge in [0.1, 0.15) is 10.6 Å². The molecule has 0 aliphatic rings. The van der Waals surface area contributed by atoms with E-state index in [0.29, 0.717) is 30.2 Å². The first kappa shape index (κ1) is 17.0. The number of hydrogen-bond acceptors (Lipinski definition) is 4. The van der Waals surface area contributed by atoms with Crippen LogP contribution in [0.5, 0.6) is 5.75 Å². The Morgan fingerprint density at radius 1 is 1.26 bits per heavy atom. The molecular weight excluding hydrogens is 314 g/mol. The van der Waals surface area contributed by atoms with E-state index in [1.807, 2.05) is 43.3 Å². The van der Waals surface area contributed by atoms with Crippen LogP contribution in [0.25, 0.3) is 10.4 Å². The number of hydrogen-bond donors (Lipinski definition) is 2. The Morgan fingerprint density at radius 3 is 2.65 bits per heavy atom. The zero-order valence-corrected chi connectivity index (χ0v) is 13.7. The summed E-state index contributed by atoms with van der Waals surface area (Å²) in [4.78, 5) is 24.3. The van der Waals surface area contributed by atoms with Gasteiger partial charge < -0.3 is 15.2 Å². The second-order valence-corrected chi connectivity index (χ2v) is 5.91. The van der Waals surface area contributed by atoms with E-state index in [-0.39, 0.29) is 12.3 Å². The smallest absolute Gasteiger partial charge is 0.303 e. The Bertz CT molecular complexity index is 666. The van der Waals surface area contributed by atoms with Crippen molar-refractivity contribution in [1.29, 1.82) is 0 Å². The van der Waals surface area contributed by atoms with Gasteiger partial charge in [0, 0.05) is 17.8 Å². The van der Waals surface area contributed by atoms with Gasteiger partial charge in [-0.3, -0.25) is 9.59 Å². The van der Waals surface area contributed by atoms with Gasteiger partial charge >= 0.3 is 5.97 Å². The molecule has 1 aromatic carbocycles. The predicted octanol–water partition coefficient (Wildman–Crippen LogP) is 3.41. The molecule has 2 rings (SSSR count). The minimum Gasteiger partial charge on any atom is -0.492 e. The number of ether oxygens (including phenoxy) is 1. The lowest BCUT2D eigenvalue weighted by Crippen LogP contribution is -2.24. The molecule has 0 radical (unpaired) electrons. The molecule has 122 valence electrons. The molecule has 0 spiro atoms. The minimum atomic E-state index is -0.864. The zero-order valence-electron chi connectivity index (χ0n) is 12.9. The standard InChI is InChI=1S/C17H19NO4S/c1-2-22-13-11-14(12-7-4-3-5-8-12)23-16(13)17(21)18-10-6-9-15(19)20/h3-5,7-8,11H,2,6,9-10H2,1H3,(H,18,21)(H,19,20). The highest BCUT2D eigenvalue weighted by Gasteiger charge is 2.18. The number of nitrogens with one attached hydrogen (secondary N) is 1. The normalized spacial score (nSPS) is 10.3. The molecule has 0 atom stereocenters. The number of thiophene rings is 1. The van der Waals surface area contributed by atoms with Crippen LogP contribution in [0.3, 0.4) is 0 Å². The molecule has 1 heterocycles. The molecule has 0 saturated carbocycles. The van der Waals surface area contributed by atoms with Gasteiger partial charge in [-0.05, 0) is 25.0 Å². The van der Waals surface area contributed by atoms with E-state index in [9.17, 15) is 9.59 Å². The number of carboxylic acid groups (broad SMARTS) is 1. The molecule has 6 heteroatoms. The first-order valence-corrected chi connectivity index (χ1v) is 8.25. The molecule has 5 nitrogen and oxygen atoms in total. The van der Waals surface area contributed by atoms with Crippen LogP contribution in [0.2, 0.25) is 0 Å². The van der Waals surface area contributed by atoms with Crippen LogP contribution < -0.4 is 10.1 Å². The van der Waals surface area contributed by atoms with Crippen LogP contribution in [0.1, 0.15) is 29.4 Å². The van der Waals surface area contributed by atoms with Gasteiger partial charge in [0.2, 0.25) is 0 Å². The SMILES string of the molecule is CCOc1cc(-c2ccccc2)sc1C(=O)NCCCC(=O)O. The molecule has 0 saturated heterocycles. The Morgan fingerprint density at radius 2 is 2.00 bits per heavy atom. The summed E-state index contributed by atoms with van der Waals surface area (Å²) in [7, 11) is 0. The zero-order chi connectivity index (χ0) is 16.7. The van der Waals surface area contributed by atoms with Crippen molar-refractivity contribution in [2.75, 3.05) is 13.2 Å². The van der Waals surface area contributed by atoms with Gasteiger partial charge in [-0.15, -0.1) is 11.3 Å². The van der Waals surface area contributed by atoms with Gasteiger partial charge in [0.15, 0.2) is 0 Å². The largest absolute Gasteiger partial charge is 0.492 e. The molecule has 2 aromatic rings. The van der Waals surface area contributed by atoms with Crippen molar-refractivity contribution in [1.82, 2.24) is 5.32 Å². The van der Waals surface area contributed by atoms with E-state index in [1.54, 1.807) is 0 Å². The van der Waals surface area contributed by atoms with Crippen molar-refractivity contribution in [2.45, 2.75) is 19.8 Å². The Hall–Kier alpha value is -2.34. The molecule has 1 aromatic heterocycles. The lowest BCUT2D eigenvalue weighted by Gasteiger charge is -2.05. The first-order chi connectivity index (χ1) is 11.1. The van der Waals surface area contributed by atoms with Crippen molar-refractivity contribution in [3.05, 3.63) is 41.3 Å². The second-order valence-electron chi connectivity index (χ2n) is 4.86. The molecule has 1 amide bonds. The second kappa shape index (κ2) is 8.33. The minimum absolute atomic E-state index is 0.0400. The maximum Gasteiger partial charge on any atom is 0.303 e. The number of carbonyl (C=O) groups excluding carboxylic acids is 1. The molecule has 0 unspecified atom stereocenters. The van der Waals surface area contributed by atoms with E-state index >= 15 is 0 Å². The third-order valence-corrected chi connectivity index (χ3v) is 4.28. The average molecular weight is 333 g/mol. The summed E-state index contributed by atoms with van der Waals surface area (Å²) in [6.07, 6.45) is 0.445. The topological polar surface area (TPSA) is 75.6 Å². The maximum absolute atomic E-state index is 12.3. The fourth-order valence-corrected chi connectivity index (χ4v) is 3.08. The molecule has 0 aliphatic carbocycles. The van der Waals surface area contributed by atoms with Crippen LogP contribution in [0, 0.1) is 0 Å². The molecule has 23 heavy (non-hydrogen) atoms. The fraction of sp³-hybridized carbons (Fsp3) is 0.294. The number of rotatable bonds is 8. The van der Waals surface area contributed by atoms with Crippen LogP contribution in [-0.4, -0.2) is 30.1 Å². The predicted molar refractivity (Wildman–Crippen MR) is 90.1 cm³/mol. The number of aliphatic carboxylic acids is 1. The Kier molecular flexibility index (Phi) is 6.17. The van der Waals surface area contributed by atoms with E-state index in [4.69, 9.17) is 9.84 Å². The van der Waals surface area contributed by atoms with Crippen molar-refractivity contribution < 1.29 is 19.4 Å². The Labute approximate surface area is 138 Å². The van der Waals surface area contributed by atoms with Crippen LogP contribution in [-0.2, 0) is 4.79 Å². The van der Waals surface area contributed by atoms with E-state index in [0.717, 1.165) is 10.4 Å². The van der Waals surface area contributed by atoms with Gasteiger partial charge in [-0.25, -0.2) is 0 Å². The van der Waals surface area contributed by atoms with E-state index in [1.165, 1.54) is 11.3 Å². The Balaban J connectivity index is 2.11. The average Bonchev–Trinajstić information content (AvgIpc) is 2.96. The summed E-state index contributed by atoms with van der Waals surface area (Å²) >= 11 is 1.37. The highest BCUT2D eigenvalue weighted by molar-refractivity contribution is 7.17. The van der Waals surface area contributed by atoms with Crippen LogP contribution in [0.15, 0.2) is 36.4 Å². The molecule has 0 fully saturated rings. The van der Waals surface area contributed by atoms with E-state index < -0.39 is 5.97 Å². The number of amides is 1. The summed E-state index contributed by atoms with van der Waals surface area (Å²) in [6.45, 7) is 2.67. The van der Waals surface area contributed by atoms with Gasteiger partial charge in [0.25, 0.3) is 5.91 Å². The molecule has 0 aliphatic heterocycles. The van der Waals surface area contributed by atoms with Crippen molar-refractivity contribution >= 4 is 23.2 Å². The fourth-order valence-electron chi connectivity index (χ4n) is 2.06. The van der Waals surface area contributed by atoms with Gasteiger partial charge in [0.05, 0.1) is 6.61 Å². The van der Waals surface area contributed by atoms with Gasteiger partial charge in [-0.2, -0.15) is 0 Å². The molecular formula is C17H19NO4S. The van der Waals surface area contributed by atoms with Crippen molar-refractivity contribution in [3.63, 3.8) is 0 Å². The number of carboxylic acids is 1. The molecule has 2 N–H and O–H groups in total. The maximum atomic E-state index is 12.3. The number of benzene rings is 1. The molecule has 0 bridgehead atoms. The lowest BCUT2D eigenvalue weighted by atomic mass is 10.2. The third-order valence-electron chi connectivity index (χ3n) is 3.12. The highest BCUT2D eigenvalue weighted by Crippen LogP contribution is 2.36. The summed E-state index contributed by atoms with van der Waals surface area (Å²) < 4.78 is 5.56. The lowest BCUT2D eigenvalue weighted by molar-refractivity contribution is -0.137. The van der Waals surface area contributed by atoms with Crippen LogP contribution >= 0.6 is 11.3 Å². The summed E-state index contributed by atoms with van der Waals surface area (Å²) in [5.41, 5.74) is 1.03. The van der Waals surface area contributed by atoms with Crippen molar-refractivity contribution in [2.24, 2.45) is 0 Å². The van der Waals surface area contributed by atoms with Crippen LogP contribution in [0.4, 0.5) is 0 Å². The highest BCUT2D eigenvalue weighted by atomic mass is 32.1. The summed E-state index contributed by atoms with van der Waals surface area (Å²) in [5, 5.41) is 11.4. The number of carbonyl (C=O) groups is 2.